The van der Waals surface area contributed by atoms with Crippen molar-refractivity contribution in [3.05, 3.63) is 42.2 Å². The van der Waals surface area contributed by atoms with Crippen molar-refractivity contribution in [2.75, 3.05) is 44.8 Å². The van der Waals surface area contributed by atoms with E-state index in [0.29, 0.717) is 25.4 Å². The van der Waals surface area contributed by atoms with Crippen LogP contribution >= 0.6 is 0 Å². The van der Waals surface area contributed by atoms with Crippen molar-refractivity contribution in [3.8, 4) is 5.75 Å². The number of morpholine rings is 1. The summed E-state index contributed by atoms with van der Waals surface area (Å²) in [6, 6.07) is 9.83. The summed E-state index contributed by atoms with van der Waals surface area (Å²) in [5.41, 5.74) is 1.38. The predicted molar refractivity (Wildman–Crippen MR) is 97.6 cm³/mol. The van der Waals surface area contributed by atoms with Crippen molar-refractivity contribution in [1.82, 2.24) is 15.1 Å². The number of aromatic nitrogens is 2. The van der Waals surface area contributed by atoms with Crippen LogP contribution in [-0.2, 0) is 4.74 Å². The molecule has 2 aliphatic heterocycles. The van der Waals surface area contributed by atoms with Gasteiger partial charge in [-0.15, -0.1) is 0 Å². The van der Waals surface area contributed by atoms with Crippen molar-refractivity contribution in [1.29, 1.82) is 0 Å². The van der Waals surface area contributed by atoms with Gasteiger partial charge >= 0.3 is 0 Å². The van der Waals surface area contributed by atoms with Gasteiger partial charge in [-0.05, 0) is 43.2 Å². The Balaban J connectivity index is 1.49. The molecule has 3 heterocycles. The molecule has 0 radical (unpaired) electrons. The molecular formula is C19H24N4O3. The van der Waals surface area contributed by atoms with E-state index < -0.39 is 0 Å². The van der Waals surface area contributed by atoms with Crippen molar-refractivity contribution in [2.45, 2.75) is 18.4 Å². The summed E-state index contributed by atoms with van der Waals surface area (Å²) in [5, 5.41) is 6.65. The molecule has 4 rings (SSSR count). The first-order valence-electron chi connectivity index (χ1n) is 9.01. The Morgan fingerprint density at radius 2 is 2.08 bits per heavy atom. The Hall–Kier alpha value is -2.54. The van der Waals surface area contributed by atoms with Crippen molar-refractivity contribution >= 4 is 11.6 Å². The monoisotopic (exact) mass is 356 g/mol. The Morgan fingerprint density at radius 1 is 1.23 bits per heavy atom. The van der Waals surface area contributed by atoms with Crippen molar-refractivity contribution in [2.24, 2.45) is 0 Å². The largest absolute Gasteiger partial charge is 0.497 e. The number of nitrogens with one attached hydrogen (secondary N) is 1. The lowest BCUT2D eigenvalue weighted by Crippen LogP contribution is -2.60. The average Bonchev–Trinajstić information content (AvgIpc) is 3.22. The minimum Gasteiger partial charge on any atom is -0.497 e. The van der Waals surface area contributed by atoms with Crippen LogP contribution in [0.5, 0.6) is 5.75 Å². The second-order valence-corrected chi connectivity index (χ2v) is 6.95. The van der Waals surface area contributed by atoms with E-state index in [1.807, 2.05) is 17.0 Å². The summed E-state index contributed by atoms with van der Waals surface area (Å²) in [6.07, 6.45) is 3.61. The Labute approximate surface area is 152 Å². The topological polar surface area (TPSA) is 70.7 Å². The molecule has 1 unspecified atom stereocenters. The summed E-state index contributed by atoms with van der Waals surface area (Å²) < 4.78 is 11.5. The van der Waals surface area contributed by atoms with Crippen LogP contribution in [-0.4, -0.2) is 66.5 Å². The van der Waals surface area contributed by atoms with E-state index in [1.165, 1.54) is 0 Å². The second-order valence-electron chi connectivity index (χ2n) is 6.95. The number of ether oxygens (including phenoxy) is 2. The van der Waals surface area contributed by atoms with Gasteiger partial charge in [-0.3, -0.25) is 9.89 Å². The summed E-state index contributed by atoms with van der Waals surface area (Å²) >= 11 is 0. The smallest absolute Gasteiger partial charge is 0.272 e. The number of nitrogens with zero attached hydrogens (tertiary/aromatic N) is 3. The molecule has 1 atom stereocenters. The fraction of sp³-hybridized carbons (Fsp3) is 0.474. The summed E-state index contributed by atoms with van der Waals surface area (Å²) in [5.74, 6) is 0.845. The van der Waals surface area contributed by atoms with Crippen LogP contribution in [0, 0.1) is 0 Å². The zero-order chi connectivity index (χ0) is 18.0. The Bertz CT molecular complexity index is 743. The minimum absolute atomic E-state index is 0.00764. The van der Waals surface area contributed by atoms with Gasteiger partial charge in [0.15, 0.2) is 0 Å². The zero-order valence-electron chi connectivity index (χ0n) is 15.0. The number of benzene rings is 1. The first-order valence-corrected chi connectivity index (χ1v) is 9.01. The molecular weight excluding hydrogens is 332 g/mol. The quantitative estimate of drug-likeness (QED) is 0.910. The van der Waals surface area contributed by atoms with Crippen LogP contribution in [0.1, 0.15) is 23.3 Å². The van der Waals surface area contributed by atoms with Crippen molar-refractivity contribution in [3.63, 3.8) is 0 Å². The van der Waals surface area contributed by atoms with Crippen LogP contribution in [0.25, 0.3) is 0 Å². The fourth-order valence-corrected chi connectivity index (χ4v) is 3.92. The number of anilines is 1. The molecule has 138 valence electrons. The molecule has 2 aliphatic rings. The van der Waals surface area contributed by atoms with E-state index in [4.69, 9.17) is 9.47 Å². The molecule has 1 aromatic carbocycles. The summed E-state index contributed by atoms with van der Waals surface area (Å²) in [6.45, 7) is 3.56. The molecule has 2 aromatic rings. The maximum atomic E-state index is 12.7. The first-order chi connectivity index (χ1) is 12.7. The highest BCUT2D eigenvalue weighted by Crippen LogP contribution is 2.32. The number of rotatable bonds is 3. The molecule has 1 spiro atoms. The highest BCUT2D eigenvalue weighted by Gasteiger charge is 2.42. The van der Waals surface area contributed by atoms with E-state index >= 15 is 0 Å². The van der Waals surface area contributed by atoms with E-state index in [0.717, 1.165) is 37.4 Å². The van der Waals surface area contributed by atoms with Gasteiger partial charge in [0.25, 0.3) is 5.91 Å². The molecule has 26 heavy (non-hydrogen) atoms. The van der Waals surface area contributed by atoms with Crippen LogP contribution in [0.3, 0.4) is 0 Å². The van der Waals surface area contributed by atoms with Gasteiger partial charge in [0.2, 0.25) is 0 Å². The third kappa shape index (κ3) is 3.26. The van der Waals surface area contributed by atoms with Gasteiger partial charge in [0.05, 0.1) is 20.3 Å². The molecule has 0 aliphatic carbocycles. The van der Waals surface area contributed by atoms with Gasteiger partial charge in [-0.25, -0.2) is 0 Å². The molecule has 7 nitrogen and oxygen atoms in total. The number of piperidine rings is 1. The summed E-state index contributed by atoms with van der Waals surface area (Å²) in [4.78, 5) is 16.9. The number of aromatic amines is 1. The van der Waals surface area contributed by atoms with E-state index in [1.54, 1.807) is 19.4 Å². The third-order valence-electron chi connectivity index (χ3n) is 5.24. The van der Waals surface area contributed by atoms with Crippen LogP contribution in [0.4, 0.5) is 5.69 Å². The predicted octanol–water partition coefficient (Wildman–Crippen LogP) is 1.93. The summed E-state index contributed by atoms with van der Waals surface area (Å²) in [7, 11) is 1.67. The van der Waals surface area contributed by atoms with Crippen molar-refractivity contribution < 1.29 is 14.3 Å². The van der Waals surface area contributed by atoms with E-state index in [9.17, 15) is 4.79 Å². The maximum Gasteiger partial charge on any atom is 0.272 e. The van der Waals surface area contributed by atoms with Gasteiger partial charge in [0.1, 0.15) is 17.0 Å². The molecule has 1 aromatic heterocycles. The van der Waals surface area contributed by atoms with E-state index in [2.05, 4.69) is 27.2 Å². The molecule has 1 N–H and O–H groups in total. The average molecular weight is 356 g/mol. The normalized spacial score (nSPS) is 23.3. The van der Waals surface area contributed by atoms with Crippen LogP contribution in [0.2, 0.25) is 0 Å². The number of hydrogen-bond donors (Lipinski definition) is 1. The van der Waals surface area contributed by atoms with Gasteiger partial charge in [-0.1, -0.05) is 0 Å². The van der Waals surface area contributed by atoms with E-state index in [-0.39, 0.29) is 11.5 Å². The first kappa shape index (κ1) is 16.9. The number of hydrogen-bond acceptors (Lipinski definition) is 5. The number of H-pyrrole nitrogens is 1. The molecule has 1 amide bonds. The van der Waals surface area contributed by atoms with Gasteiger partial charge in [-0.2, -0.15) is 5.10 Å². The number of amides is 1. The number of carbonyl (C=O) groups is 1. The Kier molecular flexibility index (Phi) is 4.55. The molecule has 2 fully saturated rings. The number of carbonyl (C=O) groups excluding carboxylic acids is 1. The number of methoxy groups -OCH3 is 1. The highest BCUT2D eigenvalue weighted by atomic mass is 16.5. The van der Waals surface area contributed by atoms with Crippen LogP contribution in [0.15, 0.2) is 36.5 Å². The second kappa shape index (κ2) is 6.99. The highest BCUT2D eigenvalue weighted by molar-refractivity contribution is 5.92. The van der Waals surface area contributed by atoms with Gasteiger partial charge in [0, 0.05) is 31.5 Å². The fourth-order valence-electron chi connectivity index (χ4n) is 3.92. The third-order valence-corrected chi connectivity index (χ3v) is 5.24. The molecule has 2 saturated heterocycles. The minimum atomic E-state index is -0.313. The maximum absolute atomic E-state index is 12.7. The van der Waals surface area contributed by atoms with Gasteiger partial charge < -0.3 is 19.3 Å². The Morgan fingerprint density at radius 3 is 2.81 bits per heavy atom. The zero-order valence-corrected chi connectivity index (χ0v) is 15.0. The lowest BCUT2D eigenvalue weighted by molar-refractivity contribution is -0.105. The molecule has 0 bridgehead atoms. The lowest BCUT2D eigenvalue weighted by Gasteiger charge is -2.48. The SMILES string of the molecule is COc1ccc(N2CCCC3(CN(C(=O)c4ccn[nH]4)CCO3)C2)cc1. The van der Waals surface area contributed by atoms with Crippen LogP contribution < -0.4 is 9.64 Å². The molecule has 0 saturated carbocycles. The standard InChI is InChI=1S/C19H24N4O3/c1-25-16-5-3-15(4-6-16)22-10-2-8-19(13-22)14-23(11-12-26-19)18(24)17-7-9-20-21-17/h3-7,9H,2,8,10-14H2,1H3,(H,20,21). The molecule has 7 heteroatoms. The lowest BCUT2D eigenvalue weighted by atomic mass is 9.90.